The normalized spacial score (nSPS) is 17.6. The number of nitrogens with one attached hydrogen (secondary N) is 1. The fraction of sp³-hybridized carbons (Fsp3) is 0.312. The van der Waals surface area contributed by atoms with Crippen molar-refractivity contribution in [3.8, 4) is 0 Å². The first-order valence-corrected chi connectivity index (χ1v) is 7.26. The van der Waals surface area contributed by atoms with Gasteiger partial charge in [0.25, 0.3) is 0 Å². The van der Waals surface area contributed by atoms with Crippen molar-refractivity contribution in [1.29, 1.82) is 0 Å². The number of hydrogen-bond donors (Lipinski definition) is 1. The molecule has 5 nitrogen and oxygen atoms in total. The summed E-state index contributed by atoms with van der Waals surface area (Å²) in [6.45, 7) is 0. The number of aryl methyl sites for hydroxylation is 1. The molecule has 0 aliphatic heterocycles. The fourth-order valence-electron chi connectivity index (χ4n) is 2.91. The molecule has 1 aliphatic carbocycles. The van der Waals surface area contributed by atoms with Crippen molar-refractivity contribution in [2.45, 2.75) is 31.6 Å². The Balaban J connectivity index is 1.50. The van der Waals surface area contributed by atoms with E-state index >= 15 is 0 Å². The molecule has 0 fully saturated rings. The van der Waals surface area contributed by atoms with Crippen molar-refractivity contribution in [2.24, 2.45) is 0 Å². The summed E-state index contributed by atoms with van der Waals surface area (Å²) >= 11 is 0. The summed E-state index contributed by atoms with van der Waals surface area (Å²) in [4.78, 5) is 4.58. The van der Waals surface area contributed by atoms with Gasteiger partial charge in [-0.3, -0.25) is 5.10 Å². The van der Waals surface area contributed by atoms with E-state index in [4.69, 9.17) is 4.52 Å². The van der Waals surface area contributed by atoms with Crippen LogP contribution in [0.5, 0.6) is 0 Å². The molecule has 1 aliphatic rings. The van der Waals surface area contributed by atoms with Gasteiger partial charge in [0.05, 0.1) is 6.20 Å². The van der Waals surface area contributed by atoms with Crippen molar-refractivity contribution in [1.82, 2.24) is 20.3 Å². The van der Waals surface area contributed by atoms with Gasteiger partial charge in [0, 0.05) is 18.0 Å². The van der Waals surface area contributed by atoms with Gasteiger partial charge in [0.1, 0.15) is 0 Å². The monoisotopic (exact) mass is 280 g/mol. The Labute approximate surface area is 122 Å². The Hall–Kier alpha value is -2.43. The van der Waals surface area contributed by atoms with Crippen LogP contribution in [0.15, 0.2) is 41.1 Å². The van der Waals surface area contributed by atoms with Crippen LogP contribution < -0.4 is 0 Å². The van der Waals surface area contributed by atoms with E-state index in [9.17, 15) is 0 Å². The topological polar surface area (TPSA) is 67.6 Å². The molecule has 5 heteroatoms. The van der Waals surface area contributed by atoms with Gasteiger partial charge in [0.15, 0.2) is 5.82 Å². The number of nitrogens with zero attached hydrogens (tertiary/aromatic N) is 3. The summed E-state index contributed by atoms with van der Waals surface area (Å²) in [7, 11) is 0. The lowest BCUT2D eigenvalue weighted by atomic mass is 9.88. The van der Waals surface area contributed by atoms with Crippen LogP contribution in [0.4, 0.5) is 0 Å². The van der Waals surface area contributed by atoms with Gasteiger partial charge < -0.3 is 4.52 Å². The van der Waals surface area contributed by atoms with Crippen molar-refractivity contribution in [3.63, 3.8) is 0 Å². The average molecular weight is 280 g/mol. The third-order valence-electron chi connectivity index (χ3n) is 4.05. The van der Waals surface area contributed by atoms with Gasteiger partial charge in [-0.15, -0.1) is 0 Å². The number of H-pyrrole nitrogens is 1. The van der Waals surface area contributed by atoms with Gasteiger partial charge in [-0.05, 0) is 30.4 Å². The third kappa shape index (κ3) is 2.46. The van der Waals surface area contributed by atoms with Gasteiger partial charge in [-0.1, -0.05) is 35.5 Å². The molecule has 1 aromatic carbocycles. The van der Waals surface area contributed by atoms with E-state index in [0.717, 1.165) is 31.0 Å². The van der Waals surface area contributed by atoms with Gasteiger partial charge in [-0.25, -0.2) is 0 Å². The van der Waals surface area contributed by atoms with E-state index < -0.39 is 0 Å². The van der Waals surface area contributed by atoms with Crippen molar-refractivity contribution in [3.05, 3.63) is 65.1 Å². The first-order chi connectivity index (χ1) is 10.4. The zero-order valence-electron chi connectivity index (χ0n) is 11.6. The Morgan fingerprint density at radius 3 is 3.05 bits per heavy atom. The Bertz CT molecular complexity index is 732. The maximum absolute atomic E-state index is 5.48. The molecule has 21 heavy (non-hydrogen) atoms. The van der Waals surface area contributed by atoms with Crippen LogP contribution in [0.2, 0.25) is 0 Å². The molecule has 2 aromatic heterocycles. The molecule has 1 unspecified atom stereocenters. The molecule has 0 amide bonds. The zero-order chi connectivity index (χ0) is 14.1. The summed E-state index contributed by atoms with van der Waals surface area (Å²) < 4.78 is 5.48. The van der Waals surface area contributed by atoms with E-state index in [-0.39, 0.29) is 0 Å². The summed E-state index contributed by atoms with van der Waals surface area (Å²) in [6, 6.07) is 10.2. The maximum atomic E-state index is 5.48. The van der Waals surface area contributed by atoms with Crippen LogP contribution in [0, 0.1) is 0 Å². The van der Waals surface area contributed by atoms with Crippen LogP contribution >= 0.6 is 0 Å². The number of hydrogen-bond acceptors (Lipinski definition) is 4. The van der Waals surface area contributed by atoms with E-state index in [2.05, 4.69) is 32.5 Å². The molecule has 0 saturated carbocycles. The number of fused-ring (bicyclic) bond motifs is 1. The molecule has 3 aromatic rings. The summed E-state index contributed by atoms with van der Waals surface area (Å²) in [6.07, 6.45) is 5.58. The smallest absolute Gasteiger partial charge is 0.230 e. The zero-order valence-corrected chi connectivity index (χ0v) is 11.6. The van der Waals surface area contributed by atoms with Crippen LogP contribution in [0.1, 0.15) is 40.9 Å². The van der Waals surface area contributed by atoms with E-state index in [1.165, 1.54) is 16.8 Å². The second-order valence-corrected chi connectivity index (χ2v) is 5.52. The summed E-state index contributed by atoms with van der Waals surface area (Å²) in [5, 5.41) is 11.3. The molecule has 4 rings (SSSR count). The van der Waals surface area contributed by atoms with Crippen LogP contribution in [0.25, 0.3) is 0 Å². The van der Waals surface area contributed by atoms with E-state index in [1.54, 1.807) is 0 Å². The second kappa shape index (κ2) is 5.16. The number of aromatic nitrogens is 4. The summed E-state index contributed by atoms with van der Waals surface area (Å²) in [5.41, 5.74) is 3.72. The Morgan fingerprint density at radius 1 is 1.24 bits per heavy atom. The standard InChI is InChI=1S/C16H16N4O/c1-2-4-11(5-3-1)8-15-18-16(21-20-15)12-6-7-14-13(9-12)10-17-19-14/h1-5,10,12H,6-9H2,(H,17,19). The second-order valence-electron chi connectivity index (χ2n) is 5.52. The SMILES string of the molecule is c1ccc(Cc2noc(C3CCc4[nH]ncc4C3)n2)cc1. The van der Waals surface area contributed by atoms with Gasteiger partial charge >= 0.3 is 0 Å². The van der Waals surface area contributed by atoms with Gasteiger partial charge in [-0.2, -0.15) is 10.1 Å². The Morgan fingerprint density at radius 2 is 2.14 bits per heavy atom. The van der Waals surface area contributed by atoms with Crippen LogP contribution in [0.3, 0.4) is 0 Å². The molecule has 106 valence electrons. The predicted molar refractivity (Wildman–Crippen MR) is 76.9 cm³/mol. The number of aromatic amines is 1. The first-order valence-electron chi connectivity index (χ1n) is 7.26. The number of rotatable bonds is 3. The highest BCUT2D eigenvalue weighted by Gasteiger charge is 2.25. The molecule has 1 atom stereocenters. The molecule has 0 saturated heterocycles. The average Bonchev–Trinajstić information content (AvgIpc) is 3.16. The van der Waals surface area contributed by atoms with Crippen molar-refractivity contribution < 1.29 is 4.52 Å². The molecule has 0 bridgehead atoms. The minimum atomic E-state index is 0.312. The molecule has 1 N–H and O–H groups in total. The van der Waals surface area contributed by atoms with Crippen LogP contribution in [-0.2, 0) is 19.3 Å². The van der Waals surface area contributed by atoms with Gasteiger partial charge in [0.2, 0.25) is 5.89 Å². The molecular weight excluding hydrogens is 264 g/mol. The maximum Gasteiger partial charge on any atom is 0.230 e. The molecule has 0 radical (unpaired) electrons. The first kappa shape index (κ1) is 12.3. The molecule has 0 spiro atoms. The highest BCUT2D eigenvalue weighted by Crippen LogP contribution is 2.30. The lowest BCUT2D eigenvalue weighted by molar-refractivity contribution is 0.337. The molecule has 2 heterocycles. The largest absolute Gasteiger partial charge is 0.339 e. The van der Waals surface area contributed by atoms with Crippen molar-refractivity contribution in [2.75, 3.05) is 0 Å². The van der Waals surface area contributed by atoms with E-state index in [1.807, 2.05) is 24.4 Å². The quantitative estimate of drug-likeness (QED) is 0.801. The highest BCUT2D eigenvalue weighted by atomic mass is 16.5. The lowest BCUT2D eigenvalue weighted by Crippen LogP contribution is -2.12. The fourth-order valence-corrected chi connectivity index (χ4v) is 2.91. The van der Waals surface area contributed by atoms with E-state index in [0.29, 0.717) is 12.3 Å². The lowest BCUT2D eigenvalue weighted by Gasteiger charge is -2.17. The predicted octanol–water partition coefficient (Wildman–Crippen LogP) is 2.66. The van der Waals surface area contributed by atoms with Crippen molar-refractivity contribution >= 4 is 0 Å². The summed E-state index contributed by atoms with van der Waals surface area (Å²) in [5.74, 6) is 1.83. The number of benzene rings is 1. The highest BCUT2D eigenvalue weighted by molar-refractivity contribution is 5.23. The minimum Gasteiger partial charge on any atom is -0.339 e. The minimum absolute atomic E-state index is 0.312. The third-order valence-corrected chi connectivity index (χ3v) is 4.05. The van der Waals surface area contributed by atoms with Crippen LogP contribution in [-0.4, -0.2) is 20.3 Å². The Kier molecular flexibility index (Phi) is 3.03. The molecular formula is C16H16N4O.